The van der Waals surface area contributed by atoms with E-state index < -0.39 is 0 Å². The SMILES string of the molecule is Cc1c(C(=O)NCc2ccccc2F)oc2ccc(Cl)cc12. The lowest BCUT2D eigenvalue weighted by atomic mass is 10.1. The van der Waals surface area contributed by atoms with Crippen molar-refractivity contribution in [1.82, 2.24) is 5.32 Å². The zero-order valence-electron chi connectivity index (χ0n) is 11.8. The molecule has 0 spiro atoms. The molecule has 2 aromatic carbocycles. The molecule has 0 aliphatic rings. The predicted molar refractivity (Wildman–Crippen MR) is 83.5 cm³/mol. The minimum atomic E-state index is -0.381. The van der Waals surface area contributed by atoms with Crippen molar-refractivity contribution in [2.45, 2.75) is 13.5 Å². The van der Waals surface area contributed by atoms with Crippen molar-refractivity contribution in [2.24, 2.45) is 0 Å². The Hall–Kier alpha value is -2.33. The third-order valence-electron chi connectivity index (χ3n) is 3.50. The second kappa shape index (κ2) is 5.81. The fraction of sp³-hybridized carbons (Fsp3) is 0.118. The average molecular weight is 318 g/mol. The number of furan rings is 1. The van der Waals surface area contributed by atoms with Crippen LogP contribution in [0.1, 0.15) is 21.7 Å². The van der Waals surface area contributed by atoms with Gasteiger partial charge < -0.3 is 9.73 Å². The monoisotopic (exact) mass is 317 g/mol. The highest BCUT2D eigenvalue weighted by molar-refractivity contribution is 6.31. The van der Waals surface area contributed by atoms with Crippen LogP contribution in [-0.4, -0.2) is 5.91 Å². The largest absolute Gasteiger partial charge is 0.451 e. The van der Waals surface area contributed by atoms with Gasteiger partial charge in [-0.3, -0.25) is 4.79 Å². The Kier molecular flexibility index (Phi) is 3.86. The number of aryl methyl sites for hydroxylation is 1. The molecule has 3 nitrogen and oxygen atoms in total. The van der Waals surface area contributed by atoms with Crippen LogP contribution >= 0.6 is 11.6 Å². The van der Waals surface area contributed by atoms with E-state index in [1.807, 2.05) is 0 Å². The molecule has 1 aromatic heterocycles. The fourth-order valence-electron chi connectivity index (χ4n) is 2.31. The Morgan fingerprint density at radius 2 is 2.05 bits per heavy atom. The van der Waals surface area contributed by atoms with Crippen molar-refractivity contribution in [3.8, 4) is 0 Å². The number of nitrogens with one attached hydrogen (secondary N) is 1. The number of carbonyl (C=O) groups excluding carboxylic acids is 1. The summed E-state index contributed by atoms with van der Waals surface area (Å²) in [6.45, 7) is 1.89. The summed E-state index contributed by atoms with van der Waals surface area (Å²) in [7, 11) is 0. The molecule has 0 aliphatic carbocycles. The highest BCUT2D eigenvalue weighted by Gasteiger charge is 2.17. The molecule has 3 aromatic rings. The maximum atomic E-state index is 13.5. The van der Waals surface area contributed by atoms with Gasteiger partial charge >= 0.3 is 0 Å². The summed E-state index contributed by atoms with van der Waals surface area (Å²) in [6.07, 6.45) is 0. The van der Waals surface area contributed by atoms with Crippen molar-refractivity contribution in [2.75, 3.05) is 0 Å². The molecule has 0 atom stereocenters. The van der Waals surface area contributed by atoms with E-state index in [4.69, 9.17) is 16.0 Å². The molecule has 0 saturated heterocycles. The highest BCUT2D eigenvalue weighted by Crippen LogP contribution is 2.27. The van der Waals surface area contributed by atoms with Gasteiger partial charge in [-0.15, -0.1) is 0 Å². The van der Waals surface area contributed by atoms with E-state index in [9.17, 15) is 9.18 Å². The second-order valence-corrected chi connectivity index (χ2v) is 5.41. The third kappa shape index (κ3) is 2.70. The average Bonchev–Trinajstić information content (AvgIpc) is 2.83. The molecule has 0 unspecified atom stereocenters. The van der Waals surface area contributed by atoms with Crippen molar-refractivity contribution in [3.63, 3.8) is 0 Å². The van der Waals surface area contributed by atoms with E-state index in [0.29, 0.717) is 21.7 Å². The maximum absolute atomic E-state index is 13.5. The maximum Gasteiger partial charge on any atom is 0.287 e. The molecular formula is C17H13ClFNO2. The van der Waals surface area contributed by atoms with Gasteiger partial charge in [0.1, 0.15) is 11.4 Å². The van der Waals surface area contributed by atoms with E-state index in [0.717, 1.165) is 5.39 Å². The molecule has 22 heavy (non-hydrogen) atoms. The zero-order valence-corrected chi connectivity index (χ0v) is 12.6. The number of hydrogen-bond acceptors (Lipinski definition) is 2. The van der Waals surface area contributed by atoms with Gasteiger partial charge in [0.05, 0.1) is 0 Å². The van der Waals surface area contributed by atoms with E-state index in [2.05, 4.69) is 5.32 Å². The Bertz CT molecular complexity index is 857. The van der Waals surface area contributed by atoms with Crippen LogP contribution in [0.15, 0.2) is 46.9 Å². The normalized spacial score (nSPS) is 10.9. The fourth-order valence-corrected chi connectivity index (χ4v) is 2.48. The molecule has 0 fully saturated rings. The standard InChI is InChI=1S/C17H13ClFNO2/c1-10-13-8-12(18)6-7-15(13)22-16(10)17(21)20-9-11-4-2-3-5-14(11)19/h2-8H,9H2,1H3,(H,20,21). The van der Waals surface area contributed by atoms with Crippen molar-refractivity contribution in [1.29, 1.82) is 0 Å². The Morgan fingerprint density at radius 3 is 2.82 bits per heavy atom. The summed E-state index contributed by atoms with van der Waals surface area (Å²) in [6, 6.07) is 11.5. The van der Waals surface area contributed by atoms with E-state index >= 15 is 0 Å². The van der Waals surface area contributed by atoms with Crippen LogP contribution in [0.3, 0.4) is 0 Å². The molecule has 5 heteroatoms. The Morgan fingerprint density at radius 1 is 1.27 bits per heavy atom. The number of amides is 1. The highest BCUT2D eigenvalue weighted by atomic mass is 35.5. The summed E-state index contributed by atoms with van der Waals surface area (Å²) in [5.41, 5.74) is 1.73. The van der Waals surface area contributed by atoms with Gasteiger partial charge in [-0.25, -0.2) is 4.39 Å². The summed E-state index contributed by atoms with van der Waals surface area (Å²) < 4.78 is 19.1. The van der Waals surface area contributed by atoms with Gasteiger partial charge in [0.2, 0.25) is 0 Å². The first-order valence-corrected chi connectivity index (χ1v) is 7.14. The molecule has 1 N–H and O–H groups in total. The van der Waals surface area contributed by atoms with E-state index in [1.165, 1.54) is 6.07 Å². The molecule has 0 saturated carbocycles. The first-order valence-electron chi connectivity index (χ1n) is 6.76. The van der Waals surface area contributed by atoms with Gasteiger partial charge in [-0.2, -0.15) is 0 Å². The van der Waals surface area contributed by atoms with Gasteiger partial charge in [0.25, 0.3) is 5.91 Å². The van der Waals surface area contributed by atoms with Crippen LogP contribution in [0.5, 0.6) is 0 Å². The Balaban J connectivity index is 1.83. The summed E-state index contributed by atoms with van der Waals surface area (Å²) in [5.74, 6) is -0.516. The van der Waals surface area contributed by atoms with Crippen LogP contribution in [-0.2, 0) is 6.54 Å². The topological polar surface area (TPSA) is 42.2 Å². The summed E-state index contributed by atoms with van der Waals surface area (Å²) in [4.78, 5) is 12.2. The lowest BCUT2D eigenvalue weighted by Crippen LogP contribution is -2.23. The second-order valence-electron chi connectivity index (χ2n) is 4.97. The number of fused-ring (bicyclic) bond motifs is 1. The lowest BCUT2D eigenvalue weighted by molar-refractivity contribution is 0.0924. The number of benzene rings is 2. The molecule has 1 amide bonds. The third-order valence-corrected chi connectivity index (χ3v) is 3.74. The van der Waals surface area contributed by atoms with Crippen molar-refractivity contribution >= 4 is 28.5 Å². The van der Waals surface area contributed by atoms with Gasteiger partial charge in [0.15, 0.2) is 5.76 Å². The number of halogens is 2. The van der Waals surface area contributed by atoms with Crippen molar-refractivity contribution < 1.29 is 13.6 Å². The molecule has 0 radical (unpaired) electrons. The summed E-state index contributed by atoms with van der Waals surface area (Å²) >= 11 is 5.95. The molecule has 0 aliphatic heterocycles. The van der Waals surface area contributed by atoms with Crippen LogP contribution in [0.4, 0.5) is 4.39 Å². The summed E-state index contributed by atoms with van der Waals surface area (Å²) in [5, 5.41) is 4.04. The number of rotatable bonds is 3. The molecule has 3 rings (SSSR count). The predicted octanol–water partition coefficient (Wildman–Crippen LogP) is 4.46. The van der Waals surface area contributed by atoms with Crippen LogP contribution < -0.4 is 5.32 Å². The quantitative estimate of drug-likeness (QED) is 0.774. The molecule has 0 bridgehead atoms. The number of hydrogen-bond donors (Lipinski definition) is 1. The van der Waals surface area contributed by atoms with Gasteiger partial charge in [0, 0.05) is 28.1 Å². The van der Waals surface area contributed by atoms with E-state index in [-0.39, 0.29) is 24.0 Å². The first kappa shape index (κ1) is 14.6. The molecule has 1 heterocycles. The van der Waals surface area contributed by atoms with Gasteiger partial charge in [-0.05, 0) is 31.2 Å². The minimum absolute atomic E-state index is 0.0999. The van der Waals surface area contributed by atoms with Crippen LogP contribution in [0.2, 0.25) is 5.02 Å². The lowest BCUT2D eigenvalue weighted by Gasteiger charge is -2.05. The van der Waals surface area contributed by atoms with Crippen LogP contribution in [0, 0.1) is 12.7 Å². The van der Waals surface area contributed by atoms with Crippen molar-refractivity contribution in [3.05, 3.63) is 70.2 Å². The molecule has 112 valence electrons. The smallest absolute Gasteiger partial charge is 0.287 e. The Labute approximate surface area is 131 Å². The molecular weight excluding hydrogens is 305 g/mol. The van der Waals surface area contributed by atoms with E-state index in [1.54, 1.807) is 43.3 Å². The number of carbonyl (C=O) groups is 1. The first-order chi connectivity index (χ1) is 10.6. The minimum Gasteiger partial charge on any atom is -0.451 e. The van der Waals surface area contributed by atoms with Crippen LogP contribution in [0.25, 0.3) is 11.0 Å². The zero-order chi connectivity index (χ0) is 15.7. The van der Waals surface area contributed by atoms with Gasteiger partial charge in [-0.1, -0.05) is 29.8 Å².